The third-order valence-corrected chi connectivity index (χ3v) is 5.88. The second kappa shape index (κ2) is 7.09. The zero-order valence-electron chi connectivity index (χ0n) is 16.1. The second-order valence-electron chi connectivity index (χ2n) is 7.67. The third-order valence-electron chi connectivity index (χ3n) is 5.88. The molecule has 1 aromatic heterocycles. The molecule has 0 aliphatic heterocycles. The minimum Gasteiger partial charge on any atom is -0.456 e. The van der Waals surface area contributed by atoms with Crippen molar-refractivity contribution in [1.29, 1.82) is 0 Å². The van der Waals surface area contributed by atoms with Crippen molar-refractivity contribution >= 4 is 11.8 Å². The number of para-hydroxylation sites is 1. The van der Waals surface area contributed by atoms with Crippen LogP contribution in [0.4, 0.5) is 19.4 Å². The molecule has 4 atom stereocenters. The van der Waals surface area contributed by atoms with Crippen LogP contribution >= 0.6 is 0 Å². The number of urea groups is 1. The molecule has 5 nitrogen and oxygen atoms in total. The van der Waals surface area contributed by atoms with Crippen molar-refractivity contribution in [3.05, 3.63) is 83.6 Å². The number of carbonyl (C=O) groups excluding carboxylic acids is 1. The largest absolute Gasteiger partial charge is 0.456 e. The van der Waals surface area contributed by atoms with Crippen LogP contribution in [0, 0.1) is 17.6 Å². The van der Waals surface area contributed by atoms with Crippen molar-refractivity contribution < 1.29 is 18.3 Å². The second-order valence-corrected chi connectivity index (χ2v) is 7.67. The van der Waals surface area contributed by atoms with E-state index >= 15 is 0 Å². The monoisotopic (exact) mass is 407 g/mol. The van der Waals surface area contributed by atoms with E-state index in [9.17, 15) is 13.6 Å². The summed E-state index contributed by atoms with van der Waals surface area (Å²) >= 11 is 0. The predicted octanol–water partition coefficient (Wildman–Crippen LogP) is 5.17. The molecule has 0 saturated heterocycles. The van der Waals surface area contributed by atoms with E-state index in [0.717, 1.165) is 6.07 Å². The first kappa shape index (κ1) is 18.5. The number of amides is 2. The van der Waals surface area contributed by atoms with Crippen molar-refractivity contribution in [1.82, 2.24) is 10.3 Å². The van der Waals surface area contributed by atoms with E-state index in [1.807, 2.05) is 37.3 Å². The molecule has 1 heterocycles. The Kier molecular flexibility index (Phi) is 4.38. The summed E-state index contributed by atoms with van der Waals surface area (Å²) in [5.74, 6) is 0.492. The van der Waals surface area contributed by atoms with Crippen LogP contribution in [-0.2, 0) is 0 Å². The standard InChI is InChI=1S/C23H19F2N3O2/c1-12-18-15(24)8-9-16(25)20(18)21-19(12)22(21)28-23(29)27-17-10-7-14(11-26-17)30-13-5-3-2-4-6-13/h2-12,19,21-22H,1H3,(H2,26,27,28,29)/t12-,19+,21+,22+/m0/s1. The van der Waals surface area contributed by atoms with Crippen molar-refractivity contribution in [2.75, 3.05) is 5.32 Å². The lowest BCUT2D eigenvalue weighted by atomic mass is 9.95. The van der Waals surface area contributed by atoms with Gasteiger partial charge in [0.25, 0.3) is 0 Å². The lowest BCUT2D eigenvalue weighted by Crippen LogP contribution is -2.33. The summed E-state index contributed by atoms with van der Waals surface area (Å²) in [5, 5.41) is 5.54. The highest BCUT2D eigenvalue weighted by molar-refractivity contribution is 5.89. The number of nitrogens with zero attached hydrogens (tertiary/aromatic N) is 1. The number of hydrogen-bond acceptors (Lipinski definition) is 3. The quantitative estimate of drug-likeness (QED) is 0.627. The van der Waals surface area contributed by atoms with Crippen LogP contribution in [0.15, 0.2) is 60.8 Å². The molecule has 0 spiro atoms. The molecule has 0 radical (unpaired) electrons. The zero-order chi connectivity index (χ0) is 20.8. The van der Waals surface area contributed by atoms with Gasteiger partial charge in [-0.3, -0.25) is 5.32 Å². The minimum atomic E-state index is -0.427. The molecule has 2 aromatic carbocycles. The van der Waals surface area contributed by atoms with Gasteiger partial charge in [0.15, 0.2) is 0 Å². The first-order valence-electron chi connectivity index (χ1n) is 9.77. The van der Waals surface area contributed by atoms with Crippen LogP contribution in [0.1, 0.15) is 29.9 Å². The van der Waals surface area contributed by atoms with E-state index in [2.05, 4.69) is 15.6 Å². The molecule has 0 unspecified atom stereocenters. The van der Waals surface area contributed by atoms with Gasteiger partial charge in [-0.25, -0.2) is 18.6 Å². The number of anilines is 1. The maximum atomic E-state index is 14.3. The van der Waals surface area contributed by atoms with Crippen molar-refractivity contribution in [3.8, 4) is 11.5 Å². The average molecular weight is 407 g/mol. The number of fused-ring (bicyclic) bond motifs is 3. The number of pyridine rings is 1. The zero-order valence-corrected chi connectivity index (χ0v) is 16.1. The number of rotatable bonds is 4. The van der Waals surface area contributed by atoms with Gasteiger partial charge in [-0.15, -0.1) is 0 Å². The number of ether oxygens (including phenoxy) is 1. The molecule has 7 heteroatoms. The maximum Gasteiger partial charge on any atom is 0.320 e. The van der Waals surface area contributed by atoms with Crippen molar-refractivity contribution in [3.63, 3.8) is 0 Å². The van der Waals surface area contributed by atoms with Crippen LogP contribution in [0.5, 0.6) is 11.5 Å². The predicted molar refractivity (Wildman–Crippen MR) is 108 cm³/mol. The Bertz CT molecular complexity index is 1110. The van der Waals surface area contributed by atoms with Gasteiger partial charge < -0.3 is 10.1 Å². The lowest BCUT2D eigenvalue weighted by Gasteiger charge is -2.16. The van der Waals surface area contributed by atoms with E-state index in [4.69, 9.17) is 4.74 Å². The molecule has 0 bridgehead atoms. The SMILES string of the molecule is C[C@H]1c2c(F)ccc(F)c2[C@@H]2[C@H](NC(=O)Nc3ccc(Oc4ccccc4)cn3)[C@@H]21. The van der Waals surface area contributed by atoms with Gasteiger partial charge in [-0.1, -0.05) is 25.1 Å². The number of carbonyl (C=O) groups is 1. The molecule has 2 N–H and O–H groups in total. The van der Waals surface area contributed by atoms with Gasteiger partial charge in [0.05, 0.1) is 6.20 Å². The van der Waals surface area contributed by atoms with Gasteiger partial charge in [0, 0.05) is 12.0 Å². The van der Waals surface area contributed by atoms with Gasteiger partial charge in [0.2, 0.25) is 0 Å². The van der Waals surface area contributed by atoms with Crippen LogP contribution in [0.3, 0.4) is 0 Å². The van der Waals surface area contributed by atoms with E-state index < -0.39 is 11.8 Å². The minimum absolute atomic E-state index is 0.00626. The van der Waals surface area contributed by atoms with E-state index in [0.29, 0.717) is 28.4 Å². The summed E-state index contributed by atoms with van der Waals surface area (Å²) in [6, 6.07) is 14.3. The van der Waals surface area contributed by atoms with Crippen molar-refractivity contribution in [2.45, 2.75) is 24.8 Å². The summed E-state index contributed by atoms with van der Waals surface area (Å²) in [6.45, 7) is 1.87. The van der Waals surface area contributed by atoms with Crippen LogP contribution in [-0.4, -0.2) is 17.1 Å². The number of hydrogen-bond donors (Lipinski definition) is 2. The fraction of sp³-hybridized carbons (Fsp3) is 0.217. The Morgan fingerprint density at radius 2 is 1.70 bits per heavy atom. The first-order valence-corrected chi connectivity index (χ1v) is 9.77. The highest BCUT2D eigenvalue weighted by Gasteiger charge is 2.62. The molecule has 2 aliphatic rings. The molecule has 30 heavy (non-hydrogen) atoms. The van der Waals surface area contributed by atoms with Crippen molar-refractivity contribution in [2.24, 2.45) is 5.92 Å². The Balaban J connectivity index is 1.21. The van der Waals surface area contributed by atoms with E-state index in [1.54, 1.807) is 12.1 Å². The van der Waals surface area contributed by atoms with E-state index in [1.165, 1.54) is 12.3 Å². The summed E-state index contributed by atoms with van der Waals surface area (Å²) in [5.41, 5.74) is 0.845. The van der Waals surface area contributed by atoms with Crippen LogP contribution in [0.25, 0.3) is 0 Å². The summed E-state index contributed by atoms with van der Waals surface area (Å²) < 4.78 is 34.0. The fourth-order valence-corrected chi connectivity index (χ4v) is 4.53. The highest BCUT2D eigenvalue weighted by atomic mass is 19.1. The first-order chi connectivity index (χ1) is 14.5. The fourth-order valence-electron chi connectivity index (χ4n) is 4.53. The molecule has 2 amide bonds. The van der Waals surface area contributed by atoms with Crippen LogP contribution < -0.4 is 15.4 Å². The maximum absolute atomic E-state index is 14.3. The summed E-state index contributed by atoms with van der Waals surface area (Å²) in [4.78, 5) is 16.6. The van der Waals surface area contributed by atoms with Gasteiger partial charge in [-0.05, 0) is 59.4 Å². The van der Waals surface area contributed by atoms with Gasteiger partial charge in [-0.2, -0.15) is 0 Å². The summed E-state index contributed by atoms with van der Waals surface area (Å²) in [6.07, 6.45) is 1.52. The Morgan fingerprint density at radius 3 is 2.40 bits per heavy atom. The molecule has 5 rings (SSSR count). The number of halogens is 2. The third kappa shape index (κ3) is 3.16. The number of benzene rings is 2. The Hall–Kier alpha value is -3.48. The molecule has 3 aromatic rings. The molecule has 1 saturated carbocycles. The highest BCUT2D eigenvalue weighted by Crippen LogP contribution is 2.63. The Morgan fingerprint density at radius 1 is 0.967 bits per heavy atom. The van der Waals surface area contributed by atoms with Crippen LogP contribution in [0.2, 0.25) is 0 Å². The average Bonchev–Trinajstić information content (AvgIpc) is 3.33. The van der Waals surface area contributed by atoms with Gasteiger partial charge >= 0.3 is 6.03 Å². The lowest BCUT2D eigenvalue weighted by molar-refractivity contribution is 0.250. The van der Waals surface area contributed by atoms with E-state index in [-0.39, 0.29) is 29.6 Å². The van der Waals surface area contributed by atoms with Gasteiger partial charge in [0.1, 0.15) is 29.0 Å². The molecule has 152 valence electrons. The molecule has 2 aliphatic carbocycles. The smallest absolute Gasteiger partial charge is 0.320 e. The molecular formula is C23H19F2N3O2. The number of aromatic nitrogens is 1. The Labute approximate surface area is 172 Å². The molecule has 1 fully saturated rings. The number of nitrogens with one attached hydrogen (secondary N) is 2. The topological polar surface area (TPSA) is 63.2 Å². The summed E-state index contributed by atoms with van der Waals surface area (Å²) in [7, 11) is 0. The molecular weight excluding hydrogens is 388 g/mol. The normalized spacial score (nSPS) is 23.3.